The third-order valence-corrected chi connectivity index (χ3v) is 3.13. The molecule has 1 fully saturated rings. The van der Waals surface area contributed by atoms with E-state index in [1.165, 1.54) is 7.11 Å². The molecule has 0 spiro atoms. The van der Waals surface area contributed by atoms with E-state index in [0.717, 1.165) is 12.8 Å². The lowest BCUT2D eigenvalue weighted by Gasteiger charge is -2.32. The second kappa shape index (κ2) is 9.30. The minimum Gasteiger partial charge on any atom is -0.468 e. The summed E-state index contributed by atoms with van der Waals surface area (Å²) >= 11 is 0. The largest absolute Gasteiger partial charge is 0.468 e. The first-order chi connectivity index (χ1) is 10.1. The molecule has 1 rings (SSSR count). The van der Waals surface area contributed by atoms with Gasteiger partial charge in [0.25, 0.3) is 0 Å². The summed E-state index contributed by atoms with van der Waals surface area (Å²) in [5.41, 5.74) is 0. The predicted molar refractivity (Wildman–Crippen MR) is 74.6 cm³/mol. The maximum atomic E-state index is 11.8. The Balaban J connectivity index is 2.40. The molecular formula is C13H23N3O5. The van der Waals surface area contributed by atoms with E-state index in [9.17, 15) is 14.4 Å². The van der Waals surface area contributed by atoms with Gasteiger partial charge in [0.15, 0.2) is 0 Å². The van der Waals surface area contributed by atoms with E-state index in [1.807, 2.05) is 6.92 Å². The van der Waals surface area contributed by atoms with Crippen molar-refractivity contribution in [2.24, 2.45) is 0 Å². The Kier molecular flexibility index (Phi) is 7.70. The molecule has 8 heteroatoms. The summed E-state index contributed by atoms with van der Waals surface area (Å²) in [4.78, 5) is 36.5. The molecule has 120 valence electrons. The predicted octanol–water partition coefficient (Wildman–Crippen LogP) is -0.514. The first-order valence-electron chi connectivity index (χ1n) is 7.05. The van der Waals surface area contributed by atoms with Gasteiger partial charge in [-0.25, -0.2) is 4.79 Å². The zero-order chi connectivity index (χ0) is 15.7. The molecule has 8 nitrogen and oxygen atoms in total. The number of carbonyl (C=O) groups is 3. The first-order valence-corrected chi connectivity index (χ1v) is 7.05. The highest BCUT2D eigenvalue weighted by Crippen LogP contribution is 2.07. The number of rotatable bonds is 6. The van der Waals surface area contributed by atoms with Gasteiger partial charge in [-0.1, -0.05) is 13.3 Å². The van der Waals surface area contributed by atoms with Gasteiger partial charge in [0, 0.05) is 13.1 Å². The molecule has 1 aliphatic rings. The maximum absolute atomic E-state index is 11.8. The fourth-order valence-corrected chi connectivity index (χ4v) is 1.95. The standard InChI is InChI=1S/C13H23N3O5/c1-3-4-5-14-13(19)15-11(17)8-16-6-7-21-9-10(16)12(18)20-2/h10H,3-9H2,1-2H3,(H2,14,15,17,19). The Hall–Kier alpha value is -1.67. The number of methoxy groups -OCH3 is 1. The maximum Gasteiger partial charge on any atom is 0.325 e. The van der Waals surface area contributed by atoms with Crippen molar-refractivity contribution >= 4 is 17.9 Å². The van der Waals surface area contributed by atoms with Gasteiger partial charge in [0.05, 0.1) is 26.9 Å². The molecule has 0 radical (unpaired) electrons. The topological polar surface area (TPSA) is 97.0 Å². The minimum absolute atomic E-state index is 0.0513. The van der Waals surface area contributed by atoms with Crippen LogP contribution in [0.1, 0.15) is 19.8 Å². The molecule has 1 saturated heterocycles. The van der Waals surface area contributed by atoms with Gasteiger partial charge in [0.1, 0.15) is 6.04 Å². The van der Waals surface area contributed by atoms with E-state index in [-0.39, 0.29) is 13.2 Å². The Morgan fingerprint density at radius 1 is 1.38 bits per heavy atom. The molecule has 0 aromatic carbocycles. The van der Waals surface area contributed by atoms with Gasteiger partial charge in [-0.05, 0) is 6.42 Å². The number of amides is 3. The van der Waals surface area contributed by atoms with Crippen molar-refractivity contribution < 1.29 is 23.9 Å². The van der Waals surface area contributed by atoms with Crippen LogP contribution in [0.25, 0.3) is 0 Å². The summed E-state index contributed by atoms with van der Waals surface area (Å²) in [6.45, 7) is 3.54. The molecule has 1 atom stereocenters. The molecular weight excluding hydrogens is 278 g/mol. The van der Waals surface area contributed by atoms with Crippen LogP contribution in [0.2, 0.25) is 0 Å². The summed E-state index contributed by atoms with van der Waals surface area (Å²) in [6, 6.07) is -1.13. The van der Waals surface area contributed by atoms with Gasteiger partial charge in [-0.3, -0.25) is 19.8 Å². The second-order valence-corrected chi connectivity index (χ2v) is 4.74. The Bertz CT molecular complexity index is 375. The lowest BCUT2D eigenvalue weighted by molar-refractivity contribution is -0.153. The molecule has 0 aliphatic carbocycles. The fraction of sp³-hybridized carbons (Fsp3) is 0.769. The molecule has 0 aromatic heterocycles. The van der Waals surface area contributed by atoms with Gasteiger partial charge in [0.2, 0.25) is 5.91 Å². The van der Waals surface area contributed by atoms with Crippen molar-refractivity contribution in [3.8, 4) is 0 Å². The van der Waals surface area contributed by atoms with Crippen molar-refractivity contribution in [2.45, 2.75) is 25.8 Å². The fourth-order valence-electron chi connectivity index (χ4n) is 1.95. The van der Waals surface area contributed by atoms with E-state index < -0.39 is 23.9 Å². The average molecular weight is 301 g/mol. The normalized spacial score (nSPS) is 18.9. The third kappa shape index (κ3) is 6.09. The molecule has 1 heterocycles. The number of urea groups is 1. The van der Waals surface area contributed by atoms with E-state index in [4.69, 9.17) is 4.74 Å². The summed E-state index contributed by atoms with van der Waals surface area (Å²) in [7, 11) is 1.29. The van der Waals surface area contributed by atoms with Crippen molar-refractivity contribution in [2.75, 3.05) is 40.0 Å². The highest BCUT2D eigenvalue weighted by Gasteiger charge is 2.31. The van der Waals surface area contributed by atoms with Crippen LogP contribution in [0, 0.1) is 0 Å². The number of esters is 1. The second-order valence-electron chi connectivity index (χ2n) is 4.74. The summed E-state index contributed by atoms with van der Waals surface area (Å²) < 4.78 is 9.89. The van der Waals surface area contributed by atoms with Crippen LogP contribution in [0.4, 0.5) is 4.79 Å². The zero-order valence-corrected chi connectivity index (χ0v) is 12.5. The van der Waals surface area contributed by atoms with Gasteiger partial charge < -0.3 is 14.8 Å². The van der Waals surface area contributed by atoms with Crippen LogP contribution in [0.5, 0.6) is 0 Å². The van der Waals surface area contributed by atoms with Crippen molar-refractivity contribution in [3.63, 3.8) is 0 Å². The molecule has 1 unspecified atom stereocenters. The SMILES string of the molecule is CCCCNC(=O)NC(=O)CN1CCOCC1C(=O)OC. The molecule has 0 saturated carbocycles. The quantitative estimate of drug-likeness (QED) is 0.506. The lowest BCUT2D eigenvalue weighted by Crippen LogP contribution is -2.54. The lowest BCUT2D eigenvalue weighted by atomic mass is 10.2. The molecule has 0 aromatic rings. The smallest absolute Gasteiger partial charge is 0.325 e. The van der Waals surface area contributed by atoms with Crippen molar-refractivity contribution in [3.05, 3.63) is 0 Å². The number of unbranched alkanes of at least 4 members (excludes halogenated alkanes) is 1. The number of hydrogen-bond acceptors (Lipinski definition) is 6. The Morgan fingerprint density at radius 2 is 2.14 bits per heavy atom. The van der Waals surface area contributed by atoms with Crippen LogP contribution < -0.4 is 10.6 Å². The third-order valence-electron chi connectivity index (χ3n) is 3.13. The van der Waals surface area contributed by atoms with Gasteiger partial charge in [-0.15, -0.1) is 0 Å². The highest BCUT2D eigenvalue weighted by molar-refractivity contribution is 5.95. The van der Waals surface area contributed by atoms with Crippen LogP contribution in [-0.4, -0.2) is 68.8 Å². The van der Waals surface area contributed by atoms with Crippen molar-refractivity contribution in [1.82, 2.24) is 15.5 Å². The van der Waals surface area contributed by atoms with Crippen LogP contribution in [-0.2, 0) is 19.1 Å². The minimum atomic E-state index is -0.613. The average Bonchev–Trinajstić information content (AvgIpc) is 2.47. The van der Waals surface area contributed by atoms with E-state index in [0.29, 0.717) is 19.7 Å². The summed E-state index contributed by atoms with van der Waals surface area (Å²) in [5.74, 6) is -0.908. The number of imide groups is 1. The molecule has 21 heavy (non-hydrogen) atoms. The van der Waals surface area contributed by atoms with Crippen LogP contribution in [0.3, 0.4) is 0 Å². The monoisotopic (exact) mass is 301 g/mol. The number of nitrogens with zero attached hydrogens (tertiary/aromatic N) is 1. The summed E-state index contributed by atoms with van der Waals surface area (Å²) in [5, 5.41) is 4.83. The Labute approximate surface area is 124 Å². The van der Waals surface area contributed by atoms with Gasteiger partial charge >= 0.3 is 12.0 Å². The number of ether oxygens (including phenoxy) is 2. The molecule has 2 N–H and O–H groups in total. The highest BCUT2D eigenvalue weighted by atomic mass is 16.5. The Morgan fingerprint density at radius 3 is 2.81 bits per heavy atom. The van der Waals surface area contributed by atoms with Crippen molar-refractivity contribution in [1.29, 1.82) is 0 Å². The number of nitrogens with one attached hydrogen (secondary N) is 2. The molecule has 1 aliphatic heterocycles. The summed E-state index contributed by atoms with van der Waals surface area (Å²) in [6.07, 6.45) is 1.82. The van der Waals surface area contributed by atoms with Crippen LogP contribution >= 0.6 is 0 Å². The number of morpholine rings is 1. The van der Waals surface area contributed by atoms with E-state index in [1.54, 1.807) is 4.90 Å². The van der Waals surface area contributed by atoms with E-state index in [2.05, 4.69) is 15.4 Å². The molecule has 0 bridgehead atoms. The zero-order valence-electron chi connectivity index (χ0n) is 12.5. The van der Waals surface area contributed by atoms with Gasteiger partial charge in [-0.2, -0.15) is 0 Å². The van der Waals surface area contributed by atoms with E-state index >= 15 is 0 Å². The number of hydrogen-bond donors (Lipinski definition) is 2. The van der Waals surface area contributed by atoms with Crippen LogP contribution in [0.15, 0.2) is 0 Å². The number of carbonyl (C=O) groups excluding carboxylic acids is 3. The first kappa shape index (κ1) is 17.4. The molecule has 3 amide bonds.